The Balaban J connectivity index is 0.00000113. The second-order valence-electron chi connectivity index (χ2n) is 11.0. The predicted molar refractivity (Wildman–Crippen MR) is 116 cm³/mol. The van der Waals surface area contributed by atoms with Gasteiger partial charge in [0.15, 0.2) is 0 Å². The Morgan fingerprint density at radius 1 is 0.840 bits per heavy atom. The van der Waals surface area contributed by atoms with Gasteiger partial charge in [0.2, 0.25) is 0 Å². The van der Waals surface area contributed by atoms with Crippen molar-refractivity contribution in [2.24, 2.45) is 23.7 Å². The molecule has 0 nitrogen and oxygen atoms in total. The van der Waals surface area contributed by atoms with E-state index in [-0.39, 0.29) is 24.8 Å². The summed E-state index contributed by atoms with van der Waals surface area (Å²) in [5.74, 6) is 3.98. The summed E-state index contributed by atoms with van der Waals surface area (Å²) >= 11 is -2.71. The van der Waals surface area contributed by atoms with Gasteiger partial charge in [0, 0.05) is 0 Å². The van der Waals surface area contributed by atoms with E-state index in [2.05, 4.69) is 45.8 Å². The number of allylic oxidation sites excluding steroid dienone is 4. The second-order valence-corrected chi connectivity index (χ2v) is 30.6. The van der Waals surface area contributed by atoms with Crippen LogP contribution in [0.1, 0.15) is 66.2 Å². The third-order valence-corrected chi connectivity index (χ3v) is 24.1. The summed E-state index contributed by atoms with van der Waals surface area (Å²) in [6.45, 7) is 9.78. The minimum Gasteiger partial charge on any atom is -0.147 e. The van der Waals surface area contributed by atoms with Crippen molar-refractivity contribution in [3.05, 3.63) is 20.6 Å². The van der Waals surface area contributed by atoms with Gasteiger partial charge in [-0.1, -0.05) is 0 Å². The minimum atomic E-state index is -2.71. The van der Waals surface area contributed by atoms with E-state index in [4.69, 9.17) is 0 Å². The van der Waals surface area contributed by atoms with Crippen LogP contribution < -0.4 is 0 Å². The fraction of sp³-hybridized carbons (Fsp3) is 0.810. The maximum atomic E-state index is 2.84. The van der Waals surface area contributed by atoms with E-state index in [0.29, 0.717) is 0 Å². The van der Waals surface area contributed by atoms with Gasteiger partial charge in [0.25, 0.3) is 0 Å². The SMILES string of the molecule is CC1=C(C)C(C)[C]([Ti]([CH3])([CH3])(=[SiH2])[C]23CC4CC(CC(C4)C2)C3)=C1C.Cl.Cl. The van der Waals surface area contributed by atoms with Crippen LogP contribution in [0, 0.1) is 23.7 Å². The number of halogens is 2. The quantitative estimate of drug-likeness (QED) is 0.416. The van der Waals surface area contributed by atoms with Gasteiger partial charge >= 0.3 is 146 Å². The van der Waals surface area contributed by atoms with E-state index in [9.17, 15) is 0 Å². The molecule has 144 valence electrons. The zero-order valence-corrected chi connectivity index (χ0v) is 21.7. The molecule has 5 rings (SSSR count). The topological polar surface area (TPSA) is 0 Å². The molecule has 0 aromatic heterocycles. The third-order valence-electron chi connectivity index (χ3n) is 9.24. The van der Waals surface area contributed by atoms with Gasteiger partial charge in [-0.15, -0.1) is 24.8 Å². The standard InChI is InChI=1S/C10H15.C9H13.2CH3.2ClH.H2Si.Ti/c1-7-2-9-4-8(1)5-10(3-7)6-9;1-6-5-7(2)9(4)8(6)3;;;;;;/h7-9H,1-6H2;6H,1-4H3;2*1H3;2*1H;1H2;. The van der Waals surface area contributed by atoms with Crippen LogP contribution in [-0.4, -0.2) is 7.63 Å². The van der Waals surface area contributed by atoms with Crippen molar-refractivity contribution in [3.8, 4) is 0 Å². The van der Waals surface area contributed by atoms with E-state index >= 15 is 0 Å². The first-order valence-corrected chi connectivity index (χ1v) is 18.7. The van der Waals surface area contributed by atoms with Gasteiger partial charge in [-0.2, -0.15) is 0 Å². The Hall–Kier alpha value is 0.991. The summed E-state index contributed by atoms with van der Waals surface area (Å²) in [5, 5.41) is 5.67. The van der Waals surface area contributed by atoms with Crippen LogP contribution in [0.2, 0.25) is 14.2 Å². The summed E-state index contributed by atoms with van der Waals surface area (Å²) in [4.78, 5) is 0. The first-order chi connectivity index (χ1) is 10.5. The molecule has 0 aromatic carbocycles. The zero-order valence-electron chi connectivity index (χ0n) is 17.1. The van der Waals surface area contributed by atoms with Gasteiger partial charge in [-0.3, -0.25) is 0 Å². The van der Waals surface area contributed by atoms with E-state index in [0.717, 1.165) is 27.4 Å². The Morgan fingerprint density at radius 2 is 1.24 bits per heavy atom. The van der Waals surface area contributed by atoms with Gasteiger partial charge in [0.1, 0.15) is 0 Å². The van der Waals surface area contributed by atoms with Gasteiger partial charge < -0.3 is 0 Å². The van der Waals surface area contributed by atoms with E-state index in [1.165, 1.54) is 0 Å². The Morgan fingerprint density at radius 3 is 1.56 bits per heavy atom. The average molecular weight is 437 g/mol. The molecule has 4 bridgehead atoms. The molecule has 0 aliphatic heterocycles. The molecule has 1 atom stereocenters. The van der Waals surface area contributed by atoms with Crippen LogP contribution in [0.5, 0.6) is 0 Å². The van der Waals surface area contributed by atoms with Crippen molar-refractivity contribution in [3.63, 3.8) is 0 Å². The molecule has 4 heteroatoms. The fourth-order valence-corrected chi connectivity index (χ4v) is 22.2. The van der Waals surface area contributed by atoms with Crippen molar-refractivity contribution in [1.82, 2.24) is 0 Å². The Bertz CT molecular complexity index is 674. The Kier molecular flexibility index (Phi) is 5.81. The van der Waals surface area contributed by atoms with Crippen LogP contribution in [0.15, 0.2) is 20.6 Å². The Labute approximate surface area is 170 Å². The number of hydrogen-bond acceptors (Lipinski definition) is 0. The smallest absolute Gasteiger partial charge is 0.147 e. The largest absolute Gasteiger partial charge is 0.147 e. The van der Waals surface area contributed by atoms with Crippen LogP contribution in [0.25, 0.3) is 0 Å². The molecular formula is C21H38Cl2SiTi. The molecule has 0 radical (unpaired) electrons. The first kappa shape index (κ1) is 22.3. The molecule has 0 spiro atoms. The van der Waals surface area contributed by atoms with Crippen molar-refractivity contribution in [2.45, 2.75) is 80.4 Å². The van der Waals surface area contributed by atoms with Crippen LogP contribution in [-0.2, 0) is 14.0 Å². The van der Waals surface area contributed by atoms with E-state index in [1.54, 1.807) is 55.2 Å². The molecule has 0 saturated heterocycles. The molecule has 1 unspecified atom stereocenters. The summed E-state index contributed by atoms with van der Waals surface area (Å²) in [7, 11) is 2.56. The van der Waals surface area contributed by atoms with Crippen molar-refractivity contribution in [1.29, 1.82) is 0 Å². The molecule has 0 amide bonds. The van der Waals surface area contributed by atoms with Crippen LogP contribution >= 0.6 is 24.8 Å². The van der Waals surface area contributed by atoms with E-state index < -0.39 is 14.0 Å². The molecule has 25 heavy (non-hydrogen) atoms. The maximum Gasteiger partial charge on any atom is -0.147 e. The molecule has 4 fully saturated rings. The van der Waals surface area contributed by atoms with E-state index in [1.807, 2.05) is 3.88 Å². The maximum absolute atomic E-state index is 2.84. The third kappa shape index (κ3) is 2.86. The minimum absolute atomic E-state index is 0. The normalized spacial score (nSPS) is 40.3. The monoisotopic (exact) mass is 436 g/mol. The predicted octanol–water partition coefficient (Wildman–Crippen LogP) is 6.81. The first-order valence-electron chi connectivity index (χ1n) is 9.99. The van der Waals surface area contributed by atoms with Gasteiger partial charge in [-0.05, 0) is 0 Å². The average Bonchev–Trinajstić information content (AvgIpc) is 2.61. The van der Waals surface area contributed by atoms with Gasteiger partial charge in [-0.25, -0.2) is 0 Å². The molecule has 0 N–H and O–H groups in total. The second kappa shape index (κ2) is 6.51. The van der Waals surface area contributed by atoms with Crippen molar-refractivity contribution >= 4 is 32.4 Å². The summed E-state index contributed by atoms with van der Waals surface area (Å²) in [5.41, 5.74) is 5.01. The molecule has 0 heterocycles. The van der Waals surface area contributed by atoms with Crippen molar-refractivity contribution < 1.29 is 14.0 Å². The summed E-state index contributed by atoms with van der Waals surface area (Å²) in [6.07, 6.45) is 9.51. The molecule has 4 saturated carbocycles. The number of hydrogen-bond donors (Lipinski definition) is 0. The van der Waals surface area contributed by atoms with Crippen molar-refractivity contribution in [2.75, 3.05) is 0 Å². The fourth-order valence-electron chi connectivity index (χ4n) is 8.04. The molecular weight excluding hydrogens is 399 g/mol. The van der Waals surface area contributed by atoms with Gasteiger partial charge in [0.05, 0.1) is 0 Å². The van der Waals surface area contributed by atoms with Crippen LogP contribution in [0.4, 0.5) is 0 Å². The summed E-state index contributed by atoms with van der Waals surface area (Å²) < 4.78 is 2.73. The number of rotatable bonds is 2. The zero-order chi connectivity index (χ0) is 16.8. The summed E-state index contributed by atoms with van der Waals surface area (Å²) in [6, 6.07) is 0. The molecule has 5 aliphatic carbocycles. The molecule has 0 aromatic rings. The molecule has 5 aliphatic rings. The van der Waals surface area contributed by atoms with Crippen LogP contribution in [0.3, 0.4) is 0 Å².